The van der Waals surface area contributed by atoms with E-state index in [1.165, 1.54) is 23.5 Å². The fourth-order valence-corrected chi connectivity index (χ4v) is 3.83. The molecule has 0 bridgehead atoms. The molecule has 11 heteroatoms. The normalized spacial score (nSPS) is 11.4. The number of nitrogens with one attached hydrogen (secondary N) is 1. The van der Waals surface area contributed by atoms with Crippen molar-refractivity contribution in [2.75, 3.05) is 5.32 Å². The van der Waals surface area contributed by atoms with E-state index >= 15 is 0 Å². The van der Waals surface area contributed by atoms with Crippen LogP contribution in [-0.2, 0) is 19.4 Å². The van der Waals surface area contributed by atoms with E-state index in [0.29, 0.717) is 35.9 Å². The number of hydrogen-bond acceptors (Lipinski definition) is 6. The van der Waals surface area contributed by atoms with E-state index in [1.807, 2.05) is 28.3 Å². The Morgan fingerprint density at radius 2 is 1.88 bits per heavy atom. The maximum absolute atomic E-state index is 12.7. The molecule has 4 rings (SSSR count). The van der Waals surface area contributed by atoms with Crippen LogP contribution in [0.3, 0.4) is 0 Å². The first-order chi connectivity index (χ1) is 15.9. The Kier molecular flexibility index (Phi) is 6.68. The average Bonchev–Trinajstić information content (AvgIpc) is 3.42. The van der Waals surface area contributed by atoms with Gasteiger partial charge in [-0.05, 0) is 54.8 Å². The molecule has 1 N–H and O–H groups in total. The molecule has 4 aromatic heterocycles. The SMILES string of the molecule is O=C(Nc1nc(CCc2ccc(OC(F)(F)F)cn2)cs1)c1cccn1Cc1ccncc1. The molecule has 4 aromatic rings. The lowest BCUT2D eigenvalue weighted by molar-refractivity contribution is -0.274. The van der Waals surface area contributed by atoms with Crippen molar-refractivity contribution < 1.29 is 22.7 Å². The number of nitrogens with zero attached hydrogens (tertiary/aromatic N) is 4. The van der Waals surface area contributed by atoms with Gasteiger partial charge in [0.2, 0.25) is 0 Å². The number of carbonyl (C=O) groups is 1. The molecular formula is C22H18F3N5O2S. The van der Waals surface area contributed by atoms with Gasteiger partial charge in [-0.1, -0.05) is 0 Å². The maximum Gasteiger partial charge on any atom is 0.573 e. The standard InChI is InChI=1S/C22H18F3N5O2S/c23-22(24,25)32-18-6-5-16(27-12-18)3-4-17-14-33-21(28-17)29-20(31)19-2-1-11-30(19)13-15-7-9-26-10-8-15/h1-2,5-12,14H,3-4,13H2,(H,28,29,31). The monoisotopic (exact) mass is 473 g/mol. The molecule has 1 amide bonds. The number of alkyl halides is 3. The van der Waals surface area contributed by atoms with Crippen molar-refractivity contribution in [1.29, 1.82) is 0 Å². The molecule has 7 nitrogen and oxygen atoms in total. The highest BCUT2D eigenvalue weighted by molar-refractivity contribution is 7.13. The molecule has 0 spiro atoms. The van der Waals surface area contributed by atoms with E-state index in [9.17, 15) is 18.0 Å². The van der Waals surface area contributed by atoms with Crippen LogP contribution in [0.2, 0.25) is 0 Å². The van der Waals surface area contributed by atoms with Crippen molar-refractivity contribution in [2.24, 2.45) is 0 Å². The van der Waals surface area contributed by atoms with Crippen LogP contribution in [0.25, 0.3) is 0 Å². The van der Waals surface area contributed by atoms with Crippen molar-refractivity contribution in [2.45, 2.75) is 25.7 Å². The summed E-state index contributed by atoms with van der Waals surface area (Å²) in [4.78, 5) is 25.1. The molecule has 0 fully saturated rings. The zero-order valence-electron chi connectivity index (χ0n) is 17.1. The Bertz CT molecular complexity index is 1210. The topological polar surface area (TPSA) is 81.9 Å². The predicted octanol–water partition coefficient (Wildman–Crippen LogP) is 4.72. The van der Waals surface area contributed by atoms with Crippen LogP contribution in [0.1, 0.15) is 27.4 Å². The largest absolute Gasteiger partial charge is 0.573 e. The third kappa shape index (κ3) is 6.39. The predicted molar refractivity (Wildman–Crippen MR) is 116 cm³/mol. The molecule has 170 valence electrons. The Morgan fingerprint density at radius 1 is 1.09 bits per heavy atom. The maximum atomic E-state index is 12.7. The molecule has 0 saturated heterocycles. The van der Waals surface area contributed by atoms with Gasteiger partial charge in [-0.3, -0.25) is 20.1 Å². The third-order valence-corrected chi connectivity index (χ3v) is 5.41. The number of ether oxygens (including phenoxy) is 1. The van der Waals surface area contributed by atoms with Gasteiger partial charge in [0.15, 0.2) is 5.13 Å². The Hall–Kier alpha value is -3.73. The Balaban J connectivity index is 1.32. The molecule has 0 aliphatic heterocycles. The van der Waals surface area contributed by atoms with Gasteiger partial charge in [0, 0.05) is 36.2 Å². The van der Waals surface area contributed by atoms with Crippen LogP contribution in [0.4, 0.5) is 18.3 Å². The average molecular weight is 473 g/mol. The second-order valence-corrected chi connectivity index (χ2v) is 7.87. The minimum atomic E-state index is -4.74. The summed E-state index contributed by atoms with van der Waals surface area (Å²) in [5, 5.41) is 5.11. The van der Waals surface area contributed by atoms with Crippen molar-refractivity contribution in [3.8, 4) is 5.75 Å². The number of pyridine rings is 2. The van der Waals surface area contributed by atoms with E-state index in [2.05, 4.69) is 25.0 Å². The molecule has 4 heterocycles. The number of aryl methyl sites for hydroxylation is 2. The van der Waals surface area contributed by atoms with E-state index in [-0.39, 0.29) is 11.7 Å². The zero-order chi connectivity index (χ0) is 23.3. The van der Waals surface area contributed by atoms with Crippen LogP contribution < -0.4 is 10.1 Å². The summed E-state index contributed by atoms with van der Waals surface area (Å²) in [5.74, 6) is -0.629. The van der Waals surface area contributed by atoms with Gasteiger partial charge in [0.25, 0.3) is 5.91 Å². The molecular weight excluding hydrogens is 455 g/mol. The Morgan fingerprint density at radius 3 is 2.61 bits per heavy atom. The second-order valence-electron chi connectivity index (χ2n) is 7.01. The highest BCUT2D eigenvalue weighted by Crippen LogP contribution is 2.22. The number of thiazole rings is 1. The number of rotatable bonds is 8. The van der Waals surface area contributed by atoms with Crippen LogP contribution in [0.5, 0.6) is 5.75 Å². The molecule has 0 aliphatic rings. The molecule has 0 aromatic carbocycles. The van der Waals surface area contributed by atoms with Gasteiger partial charge in [-0.2, -0.15) is 0 Å². The lowest BCUT2D eigenvalue weighted by Crippen LogP contribution is -2.17. The fourth-order valence-electron chi connectivity index (χ4n) is 3.09. The number of halogens is 3. The van der Waals surface area contributed by atoms with Gasteiger partial charge in [-0.15, -0.1) is 24.5 Å². The quantitative estimate of drug-likeness (QED) is 0.401. The summed E-state index contributed by atoms with van der Waals surface area (Å²) in [5.41, 5.74) is 2.89. The van der Waals surface area contributed by atoms with Crippen molar-refractivity contribution in [3.05, 3.63) is 89.2 Å². The second kappa shape index (κ2) is 9.82. The van der Waals surface area contributed by atoms with Crippen LogP contribution >= 0.6 is 11.3 Å². The molecule has 0 aliphatic carbocycles. The lowest BCUT2D eigenvalue weighted by Gasteiger charge is -2.09. The van der Waals surface area contributed by atoms with Crippen molar-refractivity contribution >= 4 is 22.4 Å². The van der Waals surface area contributed by atoms with Crippen LogP contribution in [0.15, 0.2) is 66.6 Å². The highest BCUT2D eigenvalue weighted by atomic mass is 32.1. The van der Waals surface area contributed by atoms with Crippen molar-refractivity contribution in [1.82, 2.24) is 19.5 Å². The number of anilines is 1. The fraction of sp³-hybridized carbons (Fsp3) is 0.182. The van der Waals surface area contributed by atoms with Crippen molar-refractivity contribution in [3.63, 3.8) is 0 Å². The molecule has 0 atom stereocenters. The van der Waals surface area contributed by atoms with Gasteiger partial charge in [-0.25, -0.2) is 4.98 Å². The molecule has 0 radical (unpaired) electrons. The van der Waals surface area contributed by atoms with Crippen LogP contribution in [-0.4, -0.2) is 31.8 Å². The first kappa shape index (κ1) is 22.5. The van der Waals surface area contributed by atoms with E-state index in [1.54, 1.807) is 24.5 Å². The van der Waals surface area contributed by atoms with Gasteiger partial charge >= 0.3 is 6.36 Å². The summed E-state index contributed by atoms with van der Waals surface area (Å²) in [6.07, 6.45) is 2.55. The summed E-state index contributed by atoms with van der Waals surface area (Å²) in [7, 11) is 0. The molecule has 33 heavy (non-hydrogen) atoms. The first-order valence-corrected chi connectivity index (χ1v) is 10.7. The van der Waals surface area contributed by atoms with E-state index < -0.39 is 6.36 Å². The zero-order valence-corrected chi connectivity index (χ0v) is 17.9. The minimum Gasteiger partial charge on any atom is -0.404 e. The summed E-state index contributed by atoms with van der Waals surface area (Å²) in [6.45, 7) is 0.543. The minimum absolute atomic E-state index is 0.267. The number of aromatic nitrogens is 4. The molecule has 0 saturated carbocycles. The first-order valence-electron chi connectivity index (χ1n) is 9.86. The number of hydrogen-bond donors (Lipinski definition) is 1. The summed E-state index contributed by atoms with van der Waals surface area (Å²) >= 11 is 1.30. The van der Waals surface area contributed by atoms with E-state index in [0.717, 1.165) is 17.5 Å². The van der Waals surface area contributed by atoms with Crippen LogP contribution in [0, 0.1) is 0 Å². The Labute approximate surface area is 190 Å². The van der Waals surface area contributed by atoms with Gasteiger partial charge in [0.05, 0.1) is 11.9 Å². The number of carbonyl (C=O) groups excluding carboxylic acids is 1. The van der Waals surface area contributed by atoms with E-state index in [4.69, 9.17) is 0 Å². The lowest BCUT2D eigenvalue weighted by atomic mass is 10.2. The highest BCUT2D eigenvalue weighted by Gasteiger charge is 2.31. The molecule has 0 unspecified atom stereocenters. The van der Waals surface area contributed by atoms with Gasteiger partial charge in [0.1, 0.15) is 11.4 Å². The third-order valence-electron chi connectivity index (χ3n) is 4.61. The summed E-state index contributed by atoms with van der Waals surface area (Å²) < 4.78 is 42.3. The number of amides is 1. The summed E-state index contributed by atoms with van der Waals surface area (Å²) in [6, 6.07) is 10.0. The van der Waals surface area contributed by atoms with Gasteiger partial charge < -0.3 is 9.30 Å². The smallest absolute Gasteiger partial charge is 0.404 e.